The first kappa shape index (κ1) is 24.5. The molecule has 2 aromatic heterocycles. The first-order valence-electron chi connectivity index (χ1n) is 11.6. The highest BCUT2D eigenvalue weighted by Gasteiger charge is 2.27. The van der Waals surface area contributed by atoms with Gasteiger partial charge in [-0.2, -0.15) is 5.10 Å². The van der Waals surface area contributed by atoms with Crippen LogP contribution in [-0.2, 0) is 16.0 Å². The number of carbonyl (C=O) groups is 3. The van der Waals surface area contributed by atoms with Crippen LogP contribution >= 0.6 is 0 Å². The molecular weight excluding hydrogens is 454 g/mol. The maximum Gasteiger partial charge on any atom is 0.287 e. The molecule has 0 saturated heterocycles. The van der Waals surface area contributed by atoms with Gasteiger partial charge in [-0.25, -0.2) is 9.67 Å². The van der Waals surface area contributed by atoms with E-state index in [1.165, 1.54) is 10.2 Å². The second-order valence-corrected chi connectivity index (χ2v) is 8.74. The Labute approximate surface area is 209 Å². The van der Waals surface area contributed by atoms with E-state index < -0.39 is 23.6 Å². The summed E-state index contributed by atoms with van der Waals surface area (Å²) < 4.78 is 1.52. The van der Waals surface area contributed by atoms with Crippen LogP contribution in [-0.4, -0.2) is 38.4 Å². The van der Waals surface area contributed by atoms with Gasteiger partial charge >= 0.3 is 0 Å². The summed E-state index contributed by atoms with van der Waals surface area (Å²) in [5.74, 6) is -1.82. The van der Waals surface area contributed by atoms with Crippen LogP contribution in [0.2, 0.25) is 0 Å². The highest BCUT2D eigenvalue weighted by atomic mass is 16.2. The number of hydrogen-bond donors (Lipinski definition) is 2. The third-order valence-corrected chi connectivity index (χ3v) is 5.86. The molecule has 1 unspecified atom stereocenters. The number of nitrogens with one attached hydrogen (secondary N) is 1. The maximum atomic E-state index is 13.2. The van der Waals surface area contributed by atoms with Crippen LogP contribution in [0.1, 0.15) is 41.3 Å². The van der Waals surface area contributed by atoms with Crippen molar-refractivity contribution in [2.75, 3.05) is 0 Å². The van der Waals surface area contributed by atoms with Crippen LogP contribution in [0.25, 0.3) is 17.1 Å². The largest absolute Gasteiger partial charge is 0.363 e. The Morgan fingerprint density at radius 2 is 1.67 bits per heavy atom. The number of carbonyl (C=O) groups excluding carboxylic acids is 3. The van der Waals surface area contributed by atoms with E-state index in [0.29, 0.717) is 11.7 Å². The Morgan fingerprint density at radius 1 is 0.944 bits per heavy atom. The molecule has 36 heavy (non-hydrogen) atoms. The summed E-state index contributed by atoms with van der Waals surface area (Å²) in [6.07, 6.45) is 3.41. The van der Waals surface area contributed by atoms with E-state index in [9.17, 15) is 14.4 Å². The summed E-state index contributed by atoms with van der Waals surface area (Å²) in [6, 6.07) is 21.2. The van der Waals surface area contributed by atoms with E-state index in [-0.39, 0.29) is 12.0 Å². The van der Waals surface area contributed by atoms with Crippen molar-refractivity contribution in [2.24, 2.45) is 5.73 Å². The average Bonchev–Trinajstić information content (AvgIpc) is 3.38. The summed E-state index contributed by atoms with van der Waals surface area (Å²) in [4.78, 5) is 41.7. The maximum absolute atomic E-state index is 13.2. The smallest absolute Gasteiger partial charge is 0.287 e. The molecule has 182 valence electrons. The van der Waals surface area contributed by atoms with E-state index in [1.807, 2.05) is 48.5 Å². The number of nitrogens with two attached hydrogens (primary N) is 1. The Balaban J connectivity index is 1.59. The lowest BCUT2D eigenvalue weighted by Crippen LogP contribution is -2.47. The zero-order valence-electron chi connectivity index (χ0n) is 20.1. The summed E-state index contributed by atoms with van der Waals surface area (Å²) in [5.41, 5.74) is 9.13. The molecule has 4 aromatic rings. The van der Waals surface area contributed by atoms with Crippen molar-refractivity contribution in [3.63, 3.8) is 0 Å². The molecule has 2 aromatic carbocycles. The first-order valence-corrected chi connectivity index (χ1v) is 11.6. The minimum Gasteiger partial charge on any atom is -0.363 e. The topological polar surface area (TPSA) is 120 Å². The molecule has 1 atom stereocenters. The monoisotopic (exact) mass is 481 g/mol. The number of aromatic nitrogens is 3. The Bertz CT molecular complexity index is 1380. The molecule has 0 aliphatic carbocycles. The third kappa shape index (κ3) is 5.55. The molecule has 3 N–H and O–H groups in total. The Kier molecular flexibility index (Phi) is 7.34. The van der Waals surface area contributed by atoms with Crippen molar-refractivity contribution in [3.8, 4) is 17.1 Å². The number of primary amides is 1. The number of pyridine rings is 1. The van der Waals surface area contributed by atoms with Crippen molar-refractivity contribution in [3.05, 3.63) is 102 Å². The first-order chi connectivity index (χ1) is 17.3. The molecular formula is C28H27N5O3. The SMILES string of the molecule is CC(C)c1ccc(-c2ccn(-c3ncccc3C(=O)NC(Cc3ccccc3)C(=O)C(N)=O)n2)cc1. The lowest BCUT2D eigenvalue weighted by molar-refractivity contribution is -0.137. The number of benzene rings is 2. The average molecular weight is 482 g/mol. The molecule has 0 aliphatic heterocycles. The van der Waals surface area contributed by atoms with Gasteiger partial charge in [0, 0.05) is 24.4 Å². The second kappa shape index (κ2) is 10.8. The van der Waals surface area contributed by atoms with Gasteiger partial charge in [-0.1, -0.05) is 68.4 Å². The number of ketones is 1. The lowest BCUT2D eigenvalue weighted by atomic mass is 10.0. The van der Waals surface area contributed by atoms with E-state index in [2.05, 4.69) is 41.4 Å². The van der Waals surface area contributed by atoms with Gasteiger partial charge in [0.05, 0.1) is 11.3 Å². The van der Waals surface area contributed by atoms with Crippen LogP contribution in [0, 0.1) is 0 Å². The number of hydrogen-bond acceptors (Lipinski definition) is 5. The van der Waals surface area contributed by atoms with Crippen molar-refractivity contribution in [1.29, 1.82) is 0 Å². The molecule has 4 rings (SSSR count). The molecule has 2 amide bonds. The van der Waals surface area contributed by atoms with E-state index in [4.69, 9.17) is 5.73 Å². The predicted molar refractivity (Wildman–Crippen MR) is 136 cm³/mol. The quantitative estimate of drug-likeness (QED) is 0.355. The molecule has 0 aliphatic rings. The van der Waals surface area contributed by atoms with Crippen molar-refractivity contribution < 1.29 is 14.4 Å². The molecule has 8 heteroatoms. The van der Waals surface area contributed by atoms with Gasteiger partial charge in [0.2, 0.25) is 5.78 Å². The van der Waals surface area contributed by atoms with Gasteiger partial charge in [0.1, 0.15) is 6.04 Å². The fourth-order valence-corrected chi connectivity index (χ4v) is 3.86. The predicted octanol–water partition coefficient (Wildman–Crippen LogP) is 3.45. The van der Waals surface area contributed by atoms with Crippen LogP contribution in [0.3, 0.4) is 0 Å². The fourth-order valence-electron chi connectivity index (χ4n) is 3.86. The minimum atomic E-state index is -1.11. The molecule has 2 heterocycles. The second-order valence-electron chi connectivity index (χ2n) is 8.74. The zero-order chi connectivity index (χ0) is 25.7. The van der Waals surface area contributed by atoms with Gasteiger partial charge in [-0.05, 0) is 35.2 Å². The van der Waals surface area contributed by atoms with E-state index >= 15 is 0 Å². The molecule has 0 spiro atoms. The highest BCUT2D eigenvalue weighted by Crippen LogP contribution is 2.22. The van der Waals surface area contributed by atoms with Crippen molar-refractivity contribution >= 4 is 17.6 Å². The number of amides is 2. The third-order valence-electron chi connectivity index (χ3n) is 5.86. The van der Waals surface area contributed by atoms with Crippen LogP contribution in [0.5, 0.6) is 0 Å². The van der Waals surface area contributed by atoms with Gasteiger partial charge in [0.15, 0.2) is 5.82 Å². The summed E-state index contributed by atoms with van der Waals surface area (Å²) in [7, 11) is 0. The number of Topliss-reactive ketones (excluding diaryl/α,β-unsaturated/α-hetero) is 1. The Hall–Kier alpha value is -4.59. The normalized spacial score (nSPS) is 11.8. The van der Waals surface area contributed by atoms with Crippen LogP contribution in [0.4, 0.5) is 0 Å². The zero-order valence-corrected chi connectivity index (χ0v) is 20.1. The van der Waals surface area contributed by atoms with Gasteiger partial charge in [-0.15, -0.1) is 0 Å². The molecule has 0 radical (unpaired) electrons. The molecule has 0 bridgehead atoms. The van der Waals surface area contributed by atoms with Gasteiger partial charge < -0.3 is 11.1 Å². The fraction of sp³-hybridized carbons (Fsp3) is 0.179. The lowest BCUT2D eigenvalue weighted by Gasteiger charge is -2.17. The highest BCUT2D eigenvalue weighted by molar-refractivity contribution is 6.38. The van der Waals surface area contributed by atoms with Crippen LogP contribution < -0.4 is 11.1 Å². The minimum absolute atomic E-state index is 0.127. The van der Waals surface area contributed by atoms with Crippen molar-refractivity contribution in [2.45, 2.75) is 32.2 Å². The Morgan fingerprint density at radius 3 is 2.33 bits per heavy atom. The number of rotatable bonds is 9. The van der Waals surface area contributed by atoms with E-state index in [0.717, 1.165) is 16.8 Å². The summed E-state index contributed by atoms with van der Waals surface area (Å²) >= 11 is 0. The summed E-state index contributed by atoms with van der Waals surface area (Å²) in [6.45, 7) is 4.28. The van der Waals surface area contributed by atoms with Crippen LogP contribution in [0.15, 0.2) is 85.2 Å². The summed E-state index contributed by atoms with van der Waals surface area (Å²) in [5, 5.41) is 7.27. The number of nitrogens with zero attached hydrogens (tertiary/aromatic N) is 3. The van der Waals surface area contributed by atoms with Crippen molar-refractivity contribution in [1.82, 2.24) is 20.1 Å². The standard InChI is InChI=1S/C28H27N5O3/c1-18(2)20-10-12-21(13-11-20)23-14-16-33(32-23)27-22(9-6-15-30-27)28(36)31-24(25(34)26(29)35)17-19-7-4-3-5-8-19/h3-16,18,24H,17H2,1-2H3,(H2,29,35)(H,31,36). The molecule has 0 fully saturated rings. The van der Waals surface area contributed by atoms with Gasteiger partial charge in [0.25, 0.3) is 11.8 Å². The molecule has 8 nitrogen and oxygen atoms in total. The van der Waals surface area contributed by atoms with E-state index in [1.54, 1.807) is 24.5 Å². The molecule has 0 saturated carbocycles. The van der Waals surface area contributed by atoms with Gasteiger partial charge in [-0.3, -0.25) is 14.4 Å².